The Morgan fingerprint density at radius 2 is 1.42 bits per heavy atom. The molecule has 0 saturated carbocycles. The monoisotopic (exact) mass is 287 g/mol. The zero-order valence-electron chi connectivity index (χ0n) is 9.89. The van der Waals surface area contributed by atoms with Gasteiger partial charge in [0.2, 0.25) is 0 Å². The van der Waals surface area contributed by atoms with Crippen LogP contribution in [0, 0.1) is 0 Å². The first-order chi connectivity index (χ1) is 8.48. The molecule has 0 bridgehead atoms. The van der Waals surface area contributed by atoms with Crippen LogP contribution >= 0.6 is 12.4 Å². The van der Waals surface area contributed by atoms with Gasteiger partial charge in [0.05, 0.1) is 0 Å². The van der Waals surface area contributed by atoms with Crippen molar-refractivity contribution in [2.24, 2.45) is 5.73 Å². The molecular weight excluding hydrogens is 275 g/mol. The lowest BCUT2D eigenvalue weighted by molar-refractivity contribution is -0.149. The molecule has 2 rings (SSSR count). The van der Waals surface area contributed by atoms with Crippen molar-refractivity contribution in [2.75, 3.05) is 0 Å². The highest BCUT2D eigenvalue weighted by molar-refractivity contribution is 5.85. The molecule has 5 heteroatoms. The van der Waals surface area contributed by atoms with Gasteiger partial charge in [0, 0.05) is 0 Å². The number of nitrogens with two attached hydrogens (primary N) is 1. The predicted octanol–water partition coefficient (Wildman–Crippen LogP) is 4.34. The number of hydrogen-bond donors (Lipinski definition) is 1. The maximum Gasteiger partial charge on any atom is 0.407 e. The molecule has 2 aromatic carbocycles. The normalized spacial score (nSPS) is 12.6. The van der Waals surface area contributed by atoms with Gasteiger partial charge in [0.25, 0.3) is 0 Å². The van der Waals surface area contributed by atoms with Crippen LogP contribution in [0.5, 0.6) is 0 Å². The summed E-state index contributed by atoms with van der Waals surface area (Å²) < 4.78 is 37.6. The van der Waals surface area contributed by atoms with Gasteiger partial charge < -0.3 is 5.73 Å². The van der Waals surface area contributed by atoms with Gasteiger partial charge >= 0.3 is 6.18 Å². The molecule has 0 saturated heterocycles. The van der Waals surface area contributed by atoms with E-state index in [2.05, 4.69) is 0 Å². The van der Waals surface area contributed by atoms with Crippen LogP contribution in [0.1, 0.15) is 11.6 Å². The van der Waals surface area contributed by atoms with Crippen molar-refractivity contribution in [1.29, 1.82) is 0 Å². The highest BCUT2D eigenvalue weighted by Crippen LogP contribution is 2.32. The van der Waals surface area contributed by atoms with E-state index in [9.17, 15) is 13.2 Å². The molecule has 102 valence electrons. The zero-order valence-corrected chi connectivity index (χ0v) is 10.7. The number of halogens is 4. The molecule has 0 unspecified atom stereocenters. The summed E-state index contributed by atoms with van der Waals surface area (Å²) in [5.41, 5.74) is 6.87. The predicted molar refractivity (Wildman–Crippen MR) is 72.1 cm³/mol. The zero-order chi connectivity index (χ0) is 13.2. The van der Waals surface area contributed by atoms with E-state index in [1.807, 2.05) is 30.3 Å². The van der Waals surface area contributed by atoms with Gasteiger partial charge in [0.15, 0.2) is 0 Å². The molecule has 0 spiro atoms. The Labute approximate surface area is 115 Å². The van der Waals surface area contributed by atoms with Gasteiger partial charge in [-0.1, -0.05) is 48.5 Å². The summed E-state index contributed by atoms with van der Waals surface area (Å²) >= 11 is 0. The van der Waals surface area contributed by atoms with E-state index in [0.717, 1.165) is 11.1 Å². The molecule has 0 aromatic heterocycles. The summed E-state index contributed by atoms with van der Waals surface area (Å²) in [5.74, 6) is 0. The molecule has 1 nitrogen and oxygen atoms in total. The highest BCUT2D eigenvalue weighted by atomic mass is 35.5. The maximum absolute atomic E-state index is 12.5. The first kappa shape index (κ1) is 15.5. The topological polar surface area (TPSA) is 26.0 Å². The maximum atomic E-state index is 12.5. The third kappa shape index (κ3) is 3.72. The van der Waals surface area contributed by atoms with Gasteiger partial charge in [-0.05, 0) is 22.8 Å². The second kappa shape index (κ2) is 6.08. The fraction of sp³-hybridized carbons (Fsp3) is 0.143. The summed E-state index contributed by atoms with van der Waals surface area (Å²) in [6, 6.07) is 13.5. The number of hydrogen-bond acceptors (Lipinski definition) is 1. The van der Waals surface area contributed by atoms with E-state index in [1.54, 1.807) is 12.1 Å². The Morgan fingerprint density at radius 1 is 0.842 bits per heavy atom. The SMILES string of the molecule is Cl.N[C@H](c1cccc(-c2ccccc2)c1)C(F)(F)F. The molecule has 0 radical (unpaired) electrons. The minimum atomic E-state index is -4.42. The van der Waals surface area contributed by atoms with E-state index >= 15 is 0 Å². The van der Waals surface area contributed by atoms with Crippen molar-refractivity contribution in [3.05, 3.63) is 60.2 Å². The van der Waals surface area contributed by atoms with Crippen LogP contribution in [-0.2, 0) is 0 Å². The van der Waals surface area contributed by atoms with Crippen molar-refractivity contribution < 1.29 is 13.2 Å². The lowest BCUT2D eigenvalue weighted by Gasteiger charge is -2.16. The molecular formula is C14H13ClF3N. The average molecular weight is 288 g/mol. The quantitative estimate of drug-likeness (QED) is 0.874. The highest BCUT2D eigenvalue weighted by Gasteiger charge is 2.37. The van der Waals surface area contributed by atoms with Crippen LogP contribution in [0.4, 0.5) is 13.2 Å². The van der Waals surface area contributed by atoms with Crippen molar-refractivity contribution in [3.8, 4) is 11.1 Å². The van der Waals surface area contributed by atoms with E-state index in [1.165, 1.54) is 12.1 Å². The Bertz CT molecular complexity index is 526. The van der Waals surface area contributed by atoms with E-state index in [-0.39, 0.29) is 18.0 Å². The summed E-state index contributed by atoms with van der Waals surface area (Å²) in [4.78, 5) is 0. The van der Waals surface area contributed by atoms with E-state index in [4.69, 9.17) is 5.73 Å². The van der Waals surface area contributed by atoms with Gasteiger partial charge in [-0.2, -0.15) is 13.2 Å². The number of rotatable bonds is 2. The van der Waals surface area contributed by atoms with Crippen molar-refractivity contribution in [1.82, 2.24) is 0 Å². The average Bonchev–Trinajstić information content (AvgIpc) is 2.38. The van der Waals surface area contributed by atoms with Crippen molar-refractivity contribution in [2.45, 2.75) is 12.2 Å². The third-order valence-corrected chi connectivity index (χ3v) is 2.71. The van der Waals surface area contributed by atoms with Crippen LogP contribution in [0.3, 0.4) is 0 Å². The van der Waals surface area contributed by atoms with E-state index in [0.29, 0.717) is 0 Å². The molecule has 1 atom stereocenters. The van der Waals surface area contributed by atoms with Gasteiger partial charge in [0.1, 0.15) is 6.04 Å². The third-order valence-electron chi connectivity index (χ3n) is 2.71. The summed E-state index contributed by atoms with van der Waals surface area (Å²) in [6.07, 6.45) is -4.42. The smallest absolute Gasteiger partial charge is 0.316 e. The second-order valence-electron chi connectivity index (χ2n) is 4.01. The molecule has 0 aliphatic rings. The molecule has 2 N–H and O–H groups in total. The largest absolute Gasteiger partial charge is 0.407 e. The van der Waals surface area contributed by atoms with Gasteiger partial charge in [-0.3, -0.25) is 0 Å². The molecule has 0 heterocycles. The standard InChI is InChI=1S/C14H12F3N.ClH/c15-14(16,17)13(18)12-8-4-7-11(9-12)10-5-2-1-3-6-10;/h1-9,13H,18H2;1H/t13-;/m1./s1. The summed E-state index contributed by atoms with van der Waals surface area (Å²) in [7, 11) is 0. The second-order valence-corrected chi connectivity index (χ2v) is 4.01. The Kier molecular flexibility index (Phi) is 4.97. The minimum absolute atomic E-state index is 0. The van der Waals surface area contributed by atoms with Crippen LogP contribution in [0.2, 0.25) is 0 Å². The van der Waals surface area contributed by atoms with Crippen LogP contribution in [0.15, 0.2) is 54.6 Å². The van der Waals surface area contributed by atoms with Gasteiger partial charge in [-0.15, -0.1) is 12.4 Å². The lowest BCUT2D eigenvalue weighted by Crippen LogP contribution is -2.28. The van der Waals surface area contributed by atoms with Gasteiger partial charge in [-0.25, -0.2) is 0 Å². The molecule has 0 fully saturated rings. The fourth-order valence-electron chi connectivity index (χ4n) is 1.73. The molecule has 0 aliphatic carbocycles. The summed E-state index contributed by atoms with van der Waals surface area (Å²) in [5, 5.41) is 0. The minimum Gasteiger partial charge on any atom is -0.316 e. The number of benzene rings is 2. The first-order valence-electron chi connectivity index (χ1n) is 5.46. The molecule has 0 amide bonds. The lowest BCUT2D eigenvalue weighted by atomic mass is 10.00. The Morgan fingerprint density at radius 3 is 2.00 bits per heavy atom. The fourth-order valence-corrected chi connectivity index (χ4v) is 1.73. The Hall–Kier alpha value is -1.52. The molecule has 2 aromatic rings. The summed E-state index contributed by atoms with van der Waals surface area (Å²) in [6.45, 7) is 0. The van der Waals surface area contributed by atoms with Crippen LogP contribution in [-0.4, -0.2) is 6.18 Å². The van der Waals surface area contributed by atoms with Crippen LogP contribution < -0.4 is 5.73 Å². The number of alkyl halides is 3. The first-order valence-corrected chi connectivity index (χ1v) is 5.46. The van der Waals surface area contributed by atoms with Crippen molar-refractivity contribution in [3.63, 3.8) is 0 Å². The molecule has 0 aliphatic heterocycles. The van der Waals surface area contributed by atoms with Crippen molar-refractivity contribution >= 4 is 12.4 Å². The molecule has 19 heavy (non-hydrogen) atoms. The Balaban J connectivity index is 0.00000180. The van der Waals surface area contributed by atoms with E-state index < -0.39 is 12.2 Å². The van der Waals surface area contributed by atoms with Crippen LogP contribution in [0.25, 0.3) is 11.1 Å².